The second kappa shape index (κ2) is 6.53. The Hall–Kier alpha value is -1.60. The molecule has 1 aromatic carbocycles. The van der Waals surface area contributed by atoms with Gasteiger partial charge in [0, 0.05) is 25.6 Å². The molecule has 0 fully saturated rings. The van der Waals surface area contributed by atoms with E-state index in [9.17, 15) is 18.3 Å². The van der Waals surface area contributed by atoms with Crippen LogP contribution in [0.15, 0.2) is 24.3 Å². The molecule has 0 amide bonds. The highest BCUT2D eigenvalue weighted by Gasteiger charge is 2.19. The molecule has 0 aliphatic carbocycles. The predicted octanol–water partition coefficient (Wildman–Crippen LogP) is 1.02. The average Bonchev–Trinajstić information content (AvgIpc) is 2.31. The highest BCUT2D eigenvalue weighted by molar-refractivity contribution is 7.89. The first-order chi connectivity index (χ1) is 8.83. The van der Waals surface area contributed by atoms with Crippen LogP contribution in [0, 0.1) is 0 Å². The lowest BCUT2D eigenvalue weighted by Gasteiger charge is -2.17. The minimum atomic E-state index is -3.51. The van der Waals surface area contributed by atoms with Crippen molar-refractivity contribution in [1.82, 2.24) is 4.31 Å². The number of phenols is 1. The van der Waals surface area contributed by atoms with Crippen molar-refractivity contribution in [3.05, 3.63) is 29.8 Å². The Labute approximate surface area is 112 Å². The van der Waals surface area contributed by atoms with E-state index < -0.39 is 16.0 Å². The fourth-order valence-electron chi connectivity index (χ4n) is 1.54. The number of aliphatic carboxylic acids is 1. The maximum Gasteiger partial charge on any atom is 0.303 e. The van der Waals surface area contributed by atoms with Gasteiger partial charge in [-0.05, 0) is 12.5 Å². The van der Waals surface area contributed by atoms with Crippen LogP contribution in [-0.2, 0) is 21.4 Å². The van der Waals surface area contributed by atoms with Gasteiger partial charge in [0.2, 0.25) is 10.0 Å². The summed E-state index contributed by atoms with van der Waals surface area (Å²) in [6, 6.07) is 6.49. The summed E-state index contributed by atoms with van der Waals surface area (Å²) < 4.78 is 24.9. The summed E-state index contributed by atoms with van der Waals surface area (Å²) in [4.78, 5) is 10.3. The number of para-hydroxylation sites is 1. The quantitative estimate of drug-likeness (QED) is 0.780. The van der Waals surface area contributed by atoms with Gasteiger partial charge < -0.3 is 10.2 Å². The fraction of sp³-hybridized carbons (Fsp3) is 0.417. The number of rotatable bonds is 7. The summed E-state index contributed by atoms with van der Waals surface area (Å²) in [5, 5.41) is 18.1. The highest BCUT2D eigenvalue weighted by atomic mass is 32.2. The molecule has 1 rings (SSSR count). The number of carbonyl (C=O) groups is 1. The molecule has 0 saturated heterocycles. The Balaban J connectivity index is 2.64. The summed E-state index contributed by atoms with van der Waals surface area (Å²) >= 11 is 0. The van der Waals surface area contributed by atoms with Gasteiger partial charge >= 0.3 is 5.97 Å². The van der Waals surface area contributed by atoms with Gasteiger partial charge in [-0.3, -0.25) is 4.79 Å². The topological polar surface area (TPSA) is 94.9 Å². The number of sulfonamides is 1. The summed E-state index contributed by atoms with van der Waals surface area (Å²) in [6.45, 7) is 0.0576. The van der Waals surface area contributed by atoms with Crippen LogP contribution in [0.25, 0.3) is 0 Å². The molecule has 0 spiro atoms. The summed E-state index contributed by atoms with van der Waals surface area (Å²) in [7, 11) is -2.11. The van der Waals surface area contributed by atoms with Crippen LogP contribution in [0.4, 0.5) is 0 Å². The molecule has 0 aromatic heterocycles. The number of carboxylic acids is 1. The van der Waals surface area contributed by atoms with E-state index in [1.165, 1.54) is 13.1 Å². The molecular formula is C12H17NO5S. The Morgan fingerprint density at radius 3 is 2.53 bits per heavy atom. The molecule has 7 heteroatoms. The van der Waals surface area contributed by atoms with Gasteiger partial charge in [-0.2, -0.15) is 0 Å². The number of hydrogen-bond acceptors (Lipinski definition) is 4. The van der Waals surface area contributed by atoms with Crippen molar-refractivity contribution >= 4 is 16.0 Å². The lowest BCUT2D eigenvalue weighted by molar-refractivity contribution is -0.137. The summed E-state index contributed by atoms with van der Waals surface area (Å²) in [6.07, 6.45) is -0.105. The highest BCUT2D eigenvalue weighted by Crippen LogP contribution is 2.18. The Bertz CT molecular complexity index is 541. The number of hydrogen-bond donors (Lipinski definition) is 2. The molecule has 0 atom stereocenters. The van der Waals surface area contributed by atoms with Gasteiger partial charge in [-0.1, -0.05) is 18.2 Å². The second-order valence-corrected chi connectivity index (χ2v) is 6.39. The molecule has 0 saturated carbocycles. The molecule has 1 aromatic rings. The zero-order chi connectivity index (χ0) is 14.5. The first-order valence-electron chi connectivity index (χ1n) is 5.75. The number of phenolic OH excluding ortho intramolecular Hbond substituents is 1. The molecule has 0 bridgehead atoms. The number of benzene rings is 1. The van der Waals surface area contributed by atoms with E-state index >= 15 is 0 Å². The van der Waals surface area contributed by atoms with E-state index in [-0.39, 0.29) is 30.9 Å². The summed E-state index contributed by atoms with van der Waals surface area (Å²) in [5.74, 6) is -1.20. The zero-order valence-corrected chi connectivity index (χ0v) is 11.4. The first kappa shape index (κ1) is 15.5. The van der Waals surface area contributed by atoms with E-state index in [4.69, 9.17) is 5.11 Å². The summed E-state index contributed by atoms with van der Waals surface area (Å²) in [5.41, 5.74) is 0.506. The smallest absolute Gasteiger partial charge is 0.303 e. The van der Waals surface area contributed by atoms with Crippen molar-refractivity contribution in [2.45, 2.75) is 19.4 Å². The van der Waals surface area contributed by atoms with E-state index in [1.54, 1.807) is 18.2 Å². The van der Waals surface area contributed by atoms with E-state index in [0.29, 0.717) is 5.56 Å². The minimum Gasteiger partial charge on any atom is -0.508 e. The van der Waals surface area contributed by atoms with Gasteiger partial charge in [0.1, 0.15) is 5.75 Å². The molecule has 0 heterocycles. The number of carboxylic acid groups (broad SMARTS) is 1. The van der Waals surface area contributed by atoms with Gasteiger partial charge in [0.25, 0.3) is 0 Å². The van der Waals surface area contributed by atoms with Crippen LogP contribution in [0.2, 0.25) is 0 Å². The maximum absolute atomic E-state index is 11.9. The zero-order valence-electron chi connectivity index (χ0n) is 10.6. The normalized spacial score (nSPS) is 11.7. The van der Waals surface area contributed by atoms with Crippen LogP contribution in [-0.4, -0.2) is 41.7 Å². The third-order valence-corrected chi connectivity index (χ3v) is 4.54. The van der Waals surface area contributed by atoms with Crippen LogP contribution in [0.3, 0.4) is 0 Å². The monoisotopic (exact) mass is 287 g/mol. The van der Waals surface area contributed by atoms with Gasteiger partial charge in [0.05, 0.1) is 5.75 Å². The van der Waals surface area contributed by atoms with Crippen molar-refractivity contribution in [1.29, 1.82) is 0 Å². The molecule has 6 nitrogen and oxygen atoms in total. The molecule has 0 radical (unpaired) electrons. The minimum absolute atomic E-state index is 0.0371. The van der Waals surface area contributed by atoms with Crippen LogP contribution in [0.1, 0.15) is 18.4 Å². The van der Waals surface area contributed by atoms with E-state index in [0.717, 1.165) is 4.31 Å². The lowest BCUT2D eigenvalue weighted by Crippen LogP contribution is -2.29. The van der Waals surface area contributed by atoms with Crippen molar-refractivity contribution < 1.29 is 23.4 Å². The predicted molar refractivity (Wildman–Crippen MR) is 70.2 cm³/mol. The first-order valence-corrected chi connectivity index (χ1v) is 7.36. The molecule has 0 aliphatic rings. The van der Waals surface area contributed by atoms with Crippen molar-refractivity contribution in [2.24, 2.45) is 0 Å². The van der Waals surface area contributed by atoms with Crippen molar-refractivity contribution in [2.75, 3.05) is 12.8 Å². The third-order valence-electron chi connectivity index (χ3n) is 2.65. The lowest BCUT2D eigenvalue weighted by atomic mass is 10.2. The largest absolute Gasteiger partial charge is 0.508 e. The van der Waals surface area contributed by atoms with E-state index in [1.807, 2.05) is 0 Å². The van der Waals surface area contributed by atoms with E-state index in [2.05, 4.69) is 0 Å². The molecule has 106 valence electrons. The molecular weight excluding hydrogens is 270 g/mol. The molecule has 19 heavy (non-hydrogen) atoms. The van der Waals surface area contributed by atoms with Gasteiger partial charge in [-0.25, -0.2) is 12.7 Å². The Morgan fingerprint density at radius 1 is 1.32 bits per heavy atom. The van der Waals surface area contributed by atoms with Gasteiger partial charge in [0.15, 0.2) is 0 Å². The van der Waals surface area contributed by atoms with Gasteiger partial charge in [-0.15, -0.1) is 0 Å². The van der Waals surface area contributed by atoms with Crippen LogP contribution < -0.4 is 0 Å². The Kier molecular flexibility index (Phi) is 5.31. The molecule has 0 aliphatic heterocycles. The number of aromatic hydroxyl groups is 1. The standard InChI is InChI=1S/C12H17NO5S/c1-13(9-10-5-2-3-6-11(10)14)19(17,18)8-4-7-12(15)16/h2-3,5-6,14H,4,7-9H2,1H3,(H,15,16). The number of nitrogens with zero attached hydrogens (tertiary/aromatic N) is 1. The van der Waals surface area contributed by atoms with Crippen molar-refractivity contribution in [3.8, 4) is 5.75 Å². The Morgan fingerprint density at radius 2 is 1.95 bits per heavy atom. The van der Waals surface area contributed by atoms with Crippen molar-refractivity contribution in [3.63, 3.8) is 0 Å². The fourth-order valence-corrected chi connectivity index (χ4v) is 2.70. The SMILES string of the molecule is CN(Cc1ccccc1O)S(=O)(=O)CCCC(=O)O. The molecule has 2 N–H and O–H groups in total. The molecule has 0 unspecified atom stereocenters. The third kappa shape index (κ3) is 4.88. The maximum atomic E-state index is 11.9. The van der Waals surface area contributed by atoms with Crippen LogP contribution >= 0.6 is 0 Å². The van der Waals surface area contributed by atoms with Crippen LogP contribution in [0.5, 0.6) is 5.75 Å². The second-order valence-electron chi connectivity index (χ2n) is 4.20. The average molecular weight is 287 g/mol.